The average Bonchev–Trinajstić information content (AvgIpc) is 3.55. The number of aryl methyl sites for hydroxylation is 1. The molecule has 4 heterocycles. The molecule has 1 aromatic carbocycles. The third kappa shape index (κ3) is 4.55. The standard InChI is InChI=1S/C25H32BrN7O4S/c1-4-9-32-23-20(26)21(28-22(23)24-29-27-16-33(24)25(32)34)18-15-17(7-8-19(18)37-14-5-2)38(35,36)31-12-10-30(6-3)11-13-31/h7-8,15-16,28H,4-6,9-14H2,1-3H3. The molecular weight excluding hydrogens is 574 g/mol. The molecule has 1 fully saturated rings. The molecule has 1 N–H and O–H groups in total. The smallest absolute Gasteiger partial charge is 0.335 e. The molecule has 0 spiro atoms. The Balaban J connectivity index is 1.69. The maximum atomic E-state index is 13.6. The number of halogens is 1. The van der Waals surface area contributed by atoms with E-state index in [1.165, 1.54) is 10.7 Å². The van der Waals surface area contributed by atoms with Crippen molar-refractivity contribution in [3.05, 3.63) is 39.5 Å². The number of H-pyrrole nitrogens is 1. The number of likely N-dealkylation sites (N-methyl/N-ethyl adjacent to an activating group) is 1. The maximum absolute atomic E-state index is 13.6. The number of rotatable bonds is 9. The van der Waals surface area contributed by atoms with Gasteiger partial charge in [-0.2, -0.15) is 4.31 Å². The monoisotopic (exact) mass is 605 g/mol. The van der Waals surface area contributed by atoms with Gasteiger partial charge in [-0.05, 0) is 53.5 Å². The van der Waals surface area contributed by atoms with Crippen molar-refractivity contribution in [3.8, 4) is 17.0 Å². The van der Waals surface area contributed by atoms with Crippen molar-refractivity contribution >= 4 is 42.6 Å². The Labute approximate surface area is 229 Å². The van der Waals surface area contributed by atoms with Crippen LogP contribution >= 0.6 is 15.9 Å². The van der Waals surface area contributed by atoms with Gasteiger partial charge in [0.15, 0.2) is 5.65 Å². The zero-order valence-corrected chi connectivity index (χ0v) is 24.2. The minimum Gasteiger partial charge on any atom is -0.493 e. The topological polar surface area (TPSA) is 118 Å². The summed E-state index contributed by atoms with van der Waals surface area (Å²) < 4.78 is 38.6. The molecule has 5 rings (SSSR count). The highest BCUT2D eigenvalue weighted by molar-refractivity contribution is 9.10. The lowest BCUT2D eigenvalue weighted by atomic mass is 10.1. The summed E-state index contributed by atoms with van der Waals surface area (Å²) in [6, 6.07) is 4.98. The molecule has 0 saturated carbocycles. The molecule has 1 aliphatic heterocycles. The van der Waals surface area contributed by atoms with Crippen LogP contribution in [0.5, 0.6) is 5.75 Å². The minimum absolute atomic E-state index is 0.199. The van der Waals surface area contributed by atoms with Crippen LogP contribution in [0.2, 0.25) is 0 Å². The fraction of sp³-hybridized carbons (Fsp3) is 0.480. The van der Waals surface area contributed by atoms with Crippen LogP contribution < -0.4 is 10.4 Å². The van der Waals surface area contributed by atoms with E-state index in [1.807, 2.05) is 13.8 Å². The molecule has 3 aromatic heterocycles. The highest BCUT2D eigenvalue weighted by Gasteiger charge is 2.30. The number of fused-ring (bicyclic) bond motifs is 3. The number of nitrogens with zero attached hydrogens (tertiary/aromatic N) is 6. The Hall–Kier alpha value is -2.74. The number of nitrogens with one attached hydrogen (secondary N) is 1. The molecule has 13 heteroatoms. The highest BCUT2D eigenvalue weighted by atomic mass is 79.9. The molecule has 0 amide bonds. The number of piperazine rings is 1. The van der Waals surface area contributed by atoms with E-state index in [0.29, 0.717) is 77.5 Å². The molecule has 0 aliphatic carbocycles. The first kappa shape index (κ1) is 26.9. The Morgan fingerprint density at radius 3 is 2.55 bits per heavy atom. The van der Waals surface area contributed by atoms with Crippen LogP contribution in [0.4, 0.5) is 0 Å². The molecule has 0 atom stereocenters. The quantitative estimate of drug-likeness (QED) is 0.311. The van der Waals surface area contributed by atoms with Crippen LogP contribution in [0, 0.1) is 0 Å². The minimum atomic E-state index is -3.71. The molecular formula is C25H32BrN7O4S. The fourth-order valence-electron chi connectivity index (χ4n) is 4.91. The molecule has 0 radical (unpaired) electrons. The predicted molar refractivity (Wildman–Crippen MR) is 149 cm³/mol. The lowest BCUT2D eigenvalue weighted by Crippen LogP contribution is -2.48. The normalized spacial score (nSPS) is 15.6. The van der Waals surface area contributed by atoms with Gasteiger partial charge in [-0.25, -0.2) is 17.6 Å². The highest BCUT2D eigenvalue weighted by Crippen LogP contribution is 2.41. The second-order valence-corrected chi connectivity index (χ2v) is 12.1. The van der Waals surface area contributed by atoms with Crippen molar-refractivity contribution in [3.63, 3.8) is 0 Å². The molecule has 11 nitrogen and oxygen atoms in total. The van der Waals surface area contributed by atoms with E-state index in [4.69, 9.17) is 4.74 Å². The zero-order valence-electron chi connectivity index (χ0n) is 21.8. The van der Waals surface area contributed by atoms with Gasteiger partial charge in [0.25, 0.3) is 0 Å². The van der Waals surface area contributed by atoms with E-state index in [2.05, 4.69) is 42.9 Å². The number of sulfonamides is 1. The van der Waals surface area contributed by atoms with E-state index < -0.39 is 10.0 Å². The first-order chi connectivity index (χ1) is 18.3. The maximum Gasteiger partial charge on any atom is 0.335 e. The van der Waals surface area contributed by atoms with Crippen molar-refractivity contribution < 1.29 is 13.2 Å². The Morgan fingerprint density at radius 2 is 1.87 bits per heavy atom. The number of hydrogen-bond donors (Lipinski definition) is 1. The number of aromatic amines is 1. The Kier molecular flexibility index (Phi) is 7.63. The average molecular weight is 607 g/mol. The van der Waals surface area contributed by atoms with Crippen LogP contribution in [-0.2, 0) is 16.6 Å². The van der Waals surface area contributed by atoms with Crippen LogP contribution in [0.3, 0.4) is 0 Å². The summed E-state index contributed by atoms with van der Waals surface area (Å²) in [5.74, 6) is 0.552. The largest absolute Gasteiger partial charge is 0.493 e. The van der Waals surface area contributed by atoms with Crippen LogP contribution in [0.25, 0.3) is 27.9 Å². The van der Waals surface area contributed by atoms with Crippen molar-refractivity contribution in [2.45, 2.75) is 45.1 Å². The van der Waals surface area contributed by atoms with Gasteiger partial charge in [-0.3, -0.25) is 4.57 Å². The Morgan fingerprint density at radius 1 is 1.11 bits per heavy atom. The van der Waals surface area contributed by atoms with Crippen molar-refractivity contribution in [2.75, 3.05) is 39.3 Å². The first-order valence-corrected chi connectivity index (χ1v) is 15.2. The van der Waals surface area contributed by atoms with E-state index in [1.54, 1.807) is 27.1 Å². The fourth-order valence-corrected chi connectivity index (χ4v) is 7.08. The summed E-state index contributed by atoms with van der Waals surface area (Å²) in [6.07, 6.45) is 2.95. The zero-order chi connectivity index (χ0) is 27.0. The summed E-state index contributed by atoms with van der Waals surface area (Å²) in [5.41, 5.74) is 2.64. The molecule has 0 unspecified atom stereocenters. The van der Waals surface area contributed by atoms with Gasteiger partial charge < -0.3 is 14.6 Å². The van der Waals surface area contributed by atoms with Crippen LogP contribution in [0.15, 0.2) is 38.7 Å². The summed E-state index contributed by atoms with van der Waals surface area (Å²) >= 11 is 3.72. The third-order valence-corrected chi connectivity index (χ3v) is 9.60. The first-order valence-electron chi connectivity index (χ1n) is 12.9. The number of aromatic nitrogens is 5. The van der Waals surface area contributed by atoms with Gasteiger partial charge in [0, 0.05) is 38.3 Å². The van der Waals surface area contributed by atoms with E-state index in [0.717, 1.165) is 19.4 Å². The van der Waals surface area contributed by atoms with Crippen molar-refractivity contribution in [2.24, 2.45) is 0 Å². The molecule has 1 saturated heterocycles. The summed E-state index contributed by atoms with van der Waals surface area (Å²) in [7, 11) is -3.71. The van der Waals surface area contributed by atoms with Crippen molar-refractivity contribution in [1.82, 2.24) is 33.4 Å². The summed E-state index contributed by atoms with van der Waals surface area (Å²) in [6.45, 7) is 10.3. The van der Waals surface area contributed by atoms with E-state index >= 15 is 0 Å². The van der Waals surface area contributed by atoms with Crippen LogP contribution in [-0.4, -0.2) is 81.1 Å². The predicted octanol–water partition coefficient (Wildman–Crippen LogP) is 3.33. The second kappa shape index (κ2) is 10.8. The summed E-state index contributed by atoms with van der Waals surface area (Å²) in [4.78, 5) is 19.0. The van der Waals surface area contributed by atoms with Gasteiger partial charge in [-0.15, -0.1) is 10.2 Å². The summed E-state index contributed by atoms with van der Waals surface area (Å²) in [5, 5.41) is 8.11. The van der Waals surface area contributed by atoms with E-state index in [-0.39, 0.29) is 10.6 Å². The van der Waals surface area contributed by atoms with Gasteiger partial charge >= 0.3 is 5.69 Å². The molecule has 38 heavy (non-hydrogen) atoms. The van der Waals surface area contributed by atoms with Crippen LogP contribution in [0.1, 0.15) is 33.6 Å². The van der Waals surface area contributed by atoms with Gasteiger partial charge in [0.05, 0.1) is 27.2 Å². The molecule has 4 aromatic rings. The third-order valence-electron chi connectivity index (χ3n) is 6.94. The van der Waals surface area contributed by atoms with Crippen molar-refractivity contribution in [1.29, 1.82) is 0 Å². The lowest BCUT2D eigenvalue weighted by Gasteiger charge is -2.33. The molecule has 0 bridgehead atoms. The van der Waals surface area contributed by atoms with Gasteiger partial charge in [0.2, 0.25) is 10.0 Å². The molecule has 1 aliphatic rings. The Bertz CT molecular complexity index is 1630. The number of hydrogen-bond acceptors (Lipinski definition) is 7. The van der Waals surface area contributed by atoms with Gasteiger partial charge in [-0.1, -0.05) is 20.8 Å². The van der Waals surface area contributed by atoms with E-state index in [9.17, 15) is 13.2 Å². The second-order valence-electron chi connectivity index (χ2n) is 9.34. The lowest BCUT2D eigenvalue weighted by molar-refractivity contribution is 0.196. The number of ether oxygens (including phenoxy) is 1. The molecule has 204 valence electrons. The SMILES string of the molecule is CCCOc1ccc(S(=O)(=O)N2CCN(CC)CC2)cc1-c1[nH]c2c(c1Br)n(CCC)c(=O)n1cnnc21. The van der Waals surface area contributed by atoms with Gasteiger partial charge in [0.1, 0.15) is 17.6 Å². The number of benzene rings is 1.